The molecule has 3 heteroatoms. The topological polar surface area (TPSA) is 9.23 Å². The second kappa shape index (κ2) is 5.68. The third-order valence-corrected chi connectivity index (χ3v) is 8.07. The van der Waals surface area contributed by atoms with E-state index in [0.29, 0.717) is 6.61 Å². The monoisotopic (exact) mass is 274 g/mol. The van der Waals surface area contributed by atoms with E-state index in [1.165, 1.54) is 5.30 Å². The van der Waals surface area contributed by atoms with Crippen molar-refractivity contribution in [2.45, 2.75) is 6.92 Å². The second-order valence-corrected chi connectivity index (χ2v) is 9.38. The van der Waals surface area contributed by atoms with Gasteiger partial charge in [0.15, 0.2) is 0 Å². The molecule has 0 fully saturated rings. The summed E-state index contributed by atoms with van der Waals surface area (Å²) in [6.07, 6.45) is 2.82. The first-order valence-electron chi connectivity index (χ1n) is 4.63. The van der Waals surface area contributed by atoms with Crippen LogP contribution < -0.4 is 5.30 Å². The first kappa shape index (κ1) is 11.9. The molecule has 14 heavy (non-hydrogen) atoms. The maximum absolute atomic E-state index is 5.85. The van der Waals surface area contributed by atoms with Gasteiger partial charge in [-0.2, -0.15) is 0 Å². The van der Waals surface area contributed by atoms with Crippen molar-refractivity contribution in [1.82, 2.24) is 0 Å². The zero-order chi connectivity index (χ0) is 10.4. The van der Waals surface area contributed by atoms with E-state index in [1.54, 1.807) is 6.08 Å². The van der Waals surface area contributed by atoms with E-state index < -0.39 is 5.74 Å². The Morgan fingerprint density at radius 1 is 1.43 bits per heavy atom. The van der Waals surface area contributed by atoms with Crippen LogP contribution in [0.15, 0.2) is 43.0 Å². The summed E-state index contributed by atoms with van der Waals surface area (Å²) < 4.78 is 5.85. The predicted octanol–water partition coefficient (Wildman–Crippen LogP) is 2.55. The van der Waals surface area contributed by atoms with Crippen LogP contribution in [0, 0.1) is 0 Å². The molecular formula is C11H15OPSe. The molecule has 1 aromatic carbocycles. The fraction of sp³-hybridized carbons (Fsp3) is 0.273. The Morgan fingerprint density at radius 2 is 2.07 bits per heavy atom. The third-order valence-electron chi connectivity index (χ3n) is 1.97. The van der Waals surface area contributed by atoms with E-state index in [9.17, 15) is 0 Å². The van der Waals surface area contributed by atoms with Gasteiger partial charge >= 0.3 is 93.3 Å². The average Bonchev–Trinajstić information content (AvgIpc) is 2.27. The fourth-order valence-electron chi connectivity index (χ4n) is 1.18. The van der Waals surface area contributed by atoms with Crippen molar-refractivity contribution in [3.8, 4) is 0 Å². The molecular weight excluding hydrogens is 258 g/mol. The van der Waals surface area contributed by atoms with Crippen LogP contribution in [0.3, 0.4) is 0 Å². The molecule has 1 aromatic rings. The van der Waals surface area contributed by atoms with Crippen LogP contribution in [0.25, 0.3) is 0 Å². The zero-order valence-electron chi connectivity index (χ0n) is 8.35. The van der Waals surface area contributed by atoms with Gasteiger partial charge in [-0.05, 0) is 0 Å². The number of hydrogen-bond acceptors (Lipinski definition) is 1. The Balaban J connectivity index is 2.90. The van der Waals surface area contributed by atoms with Gasteiger partial charge in [0.2, 0.25) is 0 Å². The number of rotatable bonds is 5. The molecule has 1 atom stereocenters. The SMILES string of the molecule is C=CCOP(=[Se])(CC)c1ccccc1. The van der Waals surface area contributed by atoms with Crippen LogP contribution in [0.2, 0.25) is 0 Å². The average molecular weight is 273 g/mol. The van der Waals surface area contributed by atoms with Crippen LogP contribution in [0.1, 0.15) is 6.92 Å². The quantitative estimate of drug-likeness (QED) is 0.455. The molecule has 0 aliphatic carbocycles. The second-order valence-electron chi connectivity index (χ2n) is 2.91. The number of benzene rings is 1. The summed E-state index contributed by atoms with van der Waals surface area (Å²) in [5.41, 5.74) is -1.52. The molecule has 0 saturated carbocycles. The summed E-state index contributed by atoms with van der Waals surface area (Å²) in [7, 11) is 0. The molecule has 1 rings (SSSR count). The molecule has 0 N–H and O–H groups in total. The minimum atomic E-state index is -1.52. The van der Waals surface area contributed by atoms with Crippen LogP contribution in [0.5, 0.6) is 0 Å². The summed E-state index contributed by atoms with van der Waals surface area (Å²) in [6, 6.07) is 10.4. The summed E-state index contributed by atoms with van der Waals surface area (Å²) in [5, 5.41) is 1.28. The van der Waals surface area contributed by atoms with E-state index in [1.807, 2.05) is 18.2 Å². The van der Waals surface area contributed by atoms with Gasteiger partial charge < -0.3 is 0 Å². The molecule has 0 amide bonds. The third kappa shape index (κ3) is 2.93. The van der Waals surface area contributed by atoms with Gasteiger partial charge in [-0.3, -0.25) is 0 Å². The van der Waals surface area contributed by atoms with Crippen molar-refractivity contribution in [2.75, 3.05) is 12.8 Å². The molecule has 76 valence electrons. The molecule has 0 saturated heterocycles. The first-order valence-corrected chi connectivity index (χ1v) is 8.74. The molecule has 0 spiro atoms. The first-order chi connectivity index (χ1) is 6.73. The van der Waals surface area contributed by atoms with Crippen molar-refractivity contribution in [3.05, 3.63) is 43.0 Å². The molecule has 0 radical (unpaired) electrons. The maximum atomic E-state index is 5.85. The van der Waals surface area contributed by atoms with Gasteiger partial charge in [0.1, 0.15) is 0 Å². The molecule has 0 aliphatic heterocycles. The van der Waals surface area contributed by atoms with Gasteiger partial charge in [0, 0.05) is 0 Å². The number of hydrogen-bond donors (Lipinski definition) is 0. The Kier molecular flexibility index (Phi) is 4.84. The van der Waals surface area contributed by atoms with Gasteiger partial charge in [-0.25, -0.2) is 0 Å². The molecule has 1 nitrogen and oxygen atoms in total. The van der Waals surface area contributed by atoms with Crippen molar-refractivity contribution in [1.29, 1.82) is 0 Å². The van der Waals surface area contributed by atoms with Crippen LogP contribution >= 0.6 is 5.74 Å². The standard InChI is InChI=1S/C11H15OPSe/c1-3-10-12-13(14,4-2)11-8-6-5-7-9-11/h3,5-9H,1,4,10H2,2H3. The van der Waals surface area contributed by atoms with Crippen LogP contribution in [0.4, 0.5) is 0 Å². The van der Waals surface area contributed by atoms with Gasteiger partial charge in [0.25, 0.3) is 0 Å². The summed E-state index contributed by atoms with van der Waals surface area (Å²) >= 11 is 3.23. The van der Waals surface area contributed by atoms with Crippen LogP contribution in [-0.4, -0.2) is 27.9 Å². The van der Waals surface area contributed by atoms with E-state index in [2.05, 4.69) is 40.7 Å². The Labute approximate surface area is 93.5 Å². The Bertz CT molecular complexity index is 334. The molecule has 0 aliphatic rings. The van der Waals surface area contributed by atoms with Gasteiger partial charge in [0.05, 0.1) is 0 Å². The summed E-state index contributed by atoms with van der Waals surface area (Å²) in [4.78, 5) is 0. The molecule has 0 bridgehead atoms. The summed E-state index contributed by atoms with van der Waals surface area (Å²) in [6.45, 7) is 6.44. The minimum absolute atomic E-state index is 0.615. The van der Waals surface area contributed by atoms with Crippen molar-refractivity contribution in [2.24, 2.45) is 0 Å². The normalized spacial score (nSPS) is 14.6. The summed E-state index contributed by atoms with van der Waals surface area (Å²) in [5.74, 6) is 0. The molecule has 0 heterocycles. The predicted molar refractivity (Wildman–Crippen MR) is 65.4 cm³/mol. The van der Waals surface area contributed by atoms with E-state index >= 15 is 0 Å². The fourth-order valence-corrected chi connectivity index (χ4v) is 4.00. The van der Waals surface area contributed by atoms with Crippen LogP contribution in [-0.2, 0) is 4.52 Å². The Morgan fingerprint density at radius 3 is 2.57 bits per heavy atom. The van der Waals surface area contributed by atoms with E-state index in [4.69, 9.17) is 4.52 Å². The Hall–Kier alpha value is -0.131. The van der Waals surface area contributed by atoms with E-state index in [-0.39, 0.29) is 0 Å². The van der Waals surface area contributed by atoms with E-state index in [0.717, 1.165) is 6.16 Å². The zero-order valence-corrected chi connectivity index (χ0v) is 11.0. The van der Waals surface area contributed by atoms with Crippen molar-refractivity contribution >= 4 is 26.1 Å². The molecule has 1 unspecified atom stereocenters. The van der Waals surface area contributed by atoms with Gasteiger partial charge in [-0.1, -0.05) is 0 Å². The molecule has 0 aromatic heterocycles. The van der Waals surface area contributed by atoms with Crippen molar-refractivity contribution in [3.63, 3.8) is 0 Å². The van der Waals surface area contributed by atoms with Crippen molar-refractivity contribution < 1.29 is 4.52 Å². The van der Waals surface area contributed by atoms with Gasteiger partial charge in [-0.15, -0.1) is 0 Å².